The Bertz CT molecular complexity index is 917. The molecule has 1 saturated heterocycles. The molecule has 0 unspecified atom stereocenters. The highest BCUT2D eigenvalue weighted by molar-refractivity contribution is 6.06. The van der Waals surface area contributed by atoms with Crippen molar-refractivity contribution in [3.8, 4) is 0 Å². The predicted molar refractivity (Wildman–Crippen MR) is 104 cm³/mol. The number of para-hydroxylation sites is 3. The lowest BCUT2D eigenvalue weighted by atomic mass is 10.2. The lowest BCUT2D eigenvalue weighted by molar-refractivity contribution is 0.123. The van der Waals surface area contributed by atoms with Crippen molar-refractivity contribution in [3.05, 3.63) is 60.8 Å². The molecule has 2 N–H and O–H groups in total. The molecule has 1 fully saturated rings. The van der Waals surface area contributed by atoms with Crippen LogP contribution >= 0.6 is 0 Å². The van der Waals surface area contributed by atoms with E-state index in [1.165, 1.54) is 0 Å². The standard InChI is InChI=1S/C20H20N4O2/c25-20(23-17-8-3-5-15-6-4-10-21-19(15)17)22-16-7-1-2-9-18(16)24-11-13-26-14-12-24/h1-10H,11-14H2,(H2,22,23,25). The number of nitrogens with one attached hydrogen (secondary N) is 2. The van der Waals surface area contributed by atoms with E-state index in [1.807, 2.05) is 54.6 Å². The summed E-state index contributed by atoms with van der Waals surface area (Å²) < 4.78 is 5.41. The summed E-state index contributed by atoms with van der Waals surface area (Å²) in [6, 6.07) is 17.1. The second-order valence-electron chi connectivity index (χ2n) is 6.08. The third kappa shape index (κ3) is 3.45. The Morgan fingerprint density at radius 3 is 2.54 bits per heavy atom. The number of aromatic nitrogens is 1. The average molecular weight is 348 g/mol. The van der Waals surface area contributed by atoms with E-state index in [0.717, 1.165) is 35.4 Å². The van der Waals surface area contributed by atoms with E-state index in [9.17, 15) is 4.79 Å². The molecule has 0 saturated carbocycles. The van der Waals surface area contributed by atoms with E-state index < -0.39 is 0 Å². The zero-order valence-corrected chi connectivity index (χ0v) is 14.3. The van der Waals surface area contributed by atoms with Crippen molar-refractivity contribution >= 4 is 34.0 Å². The lowest BCUT2D eigenvalue weighted by Crippen LogP contribution is -2.37. The molecule has 1 aliphatic rings. The Labute approximate surface area is 151 Å². The van der Waals surface area contributed by atoms with Gasteiger partial charge < -0.3 is 20.3 Å². The van der Waals surface area contributed by atoms with Crippen LogP contribution < -0.4 is 15.5 Å². The van der Waals surface area contributed by atoms with E-state index in [0.29, 0.717) is 18.9 Å². The number of anilines is 3. The van der Waals surface area contributed by atoms with Gasteiger partial charge in [0.05, 0.1) is 35.8 Å². The molecule has 0 spiro atoms. The first-order valence-electron chi connectivity index (χ1n) is 8.65. The lowest BCUT2D eigenvalue weighted by Gasteiger charge is -2.30. The van der Waals surface area contributed by atoms with Crippen LogP contribution in [-0.2, 0) is 4.74 Å². The molecule has 2 aromatic carbocycles. The summed E-state index contributed by atoms with van der Waals surface area (Å²) in [5, 5.41) is 6.85. The number of ether oxygens (including phenoxy) is 1. The van der Waals surface area contributed by atoms with Crippen LogP contribution in [0.5, 0.6) is 0 Å². The summed E-state index contributed by atoms with van der Waals surface area (Å²) in [6.07, 6.45) is 1.72. The van der Waals surface area contributed by atoms with Gasteiger partial charge in [0.25, 0.3) is 0 Å². The number of morpholine rings is 1. The third-order valence-corrected chi connectivity index (χ3v) is 4.38. The van der Waals surface area contributed by atoms with Gasteiger partial charge in [0.15, 0.2) is 0 Å². The number of pyridine rings is 1. The molecule has 6 nitrogen and oxygen atoms in total. The maximum Gasteiger partial charge on any atom is 0.323 e. The second kappa shape index (κ2) is 7.41. The number of carbonyl (C=O) groups excluding carboxylic acids is 1. The maximum atomic E-state index is 12.6. The van der Waals surface area contributed by atoms with Gasteiger partial charge in [-0.2, -0.15) is 0 Å². The second-order valence-corrected chi connectivity index (χ2v) is 6.08. The quantitative estimate of drug-likeness (QED) is 0.757. The summed E-state index contributed by atoms with van der Waals surface area (Å²) in [5.74, 6) is 0. The van der Waals surface area contributed by atoms with Crippen LogP contribution in [0.25, 0.3) is 10.9 Å². The van der Waals surface area contributed by atoms with Gasteiger partial charge in [-0.1, -0.05) is 30.3 Å². The largest absolute Gasteiger partial charge is 0.378 e. The minimum absolute atomic E-state index is 0.288. The molecule has 1 aromatic heterocycles. The molecule has 4 rings (SSSR count). The summed E-state index contributed by atoms with van der Waals surface area (Å²) >= 11 is 0. The van der Waals surface area contributed by atoms with Crippen LogP contribution in [0, 0.1) is 0 Å². The summed E-state index contributed by atoms with van der Waals surface area (Å²) in [5.41, 5.74) is 3.23. The number of carbonyl (C=O) groups is 1. The molecule has 0 radical (unpaired) electrons. The highest BCUT2D eigenvalue weighted by Gasteiger charge is 2.16. The van der Waals surface area contributed by atoms with E-state index >= 15 is 0 Å². The topological polar surface area (TPSA) is 66.5 Å². The number of rotatable bonds is 3. The first kappa shape index (κ1) is 16.4. The Morgan fingerprint density at radius 1 is 0.923 bits per heavy atom. The summed E-state index contributed by atoms with van der Waals surface area (Å²) in [7, 11) is 0. The molecular weight excluding hydrogens is 328 g/mol. The zero-order chi connectivity index (χ0) is 17.8. The fourth-order valence-electron chi connectivity index (χ4n) is 3.14. The SMILES string of the molecule is O=C(Nc1ccccc1N1CCOCC1)Nc1cccc2cccnc12. The van der Waals surface area contributed by atoms with Crippen molar-refractivity contribution in [3.63, 3.8) is 0 Å². The highest BCUT2D eigenvalue weighted by Crippen LogP contribution is 2.27. The molecule has 2 heterocycles. The Kier molecular flexibility index (Phi) is 4.66. The van der Waals surface area contributed by atoms with Crippen LogP contribution in [0.2, 0.25) is 0 Å². The van der Waals surface area contributed by atoms with E-state index in [-0.39, 0.29) is 6.03 Å². The monoisotopic (exact) mass is 348 g/mol. The van der Waals surface area contributed by atoms with Gasteiger partial charge >= 0.3 is 6.03 Å². The first-order chi connectivity index (χ1) is 12.8. The molecule has 0 bridgehead atoms. The molecular formula is C20H20N4O2. The molecule has 0 aliphatic carbocycles. The van der Waals surface area contributed by atoms with Gasteiger partial charge in [-0.15, -0.1) is 0 Å². The fraction of sp³-hybridized carbons (Fsp3) is 0.200. The molecule has 26 heavy (non-hydrogen) atoms. The summed E-state index contributed by atoms with van der Waals surface area (Å²) in [4.78, 5) is 19.2. The molecule has 6 heteroatoms. The normalized spacial score (nSPS) is 14.2. The number of hydrogen-bond acceptors (Lipinski definition) is 4. The minimum atomic E-state index is -0.288. The van der Waals surface area contributed by atoms with E-state index in [4.69, 9.17) is 4.74 Å². The van der Waals surface area contributed by atoms with Crippen molar-refractivity contribution in [2.45, 2.75) is 0 Å². The first-order valence-corrected chi connectivity index (χ1v) is 8.65. The van der Waals surface area contributed by atoms with Crippen LogP contribution in [0.4, 0.5) is 21.9 Å². The minimum Gasteiger partial charge on any atom is -0.378 e. The van der Waals surface area contributed by atoms with Crippen molar-refractivity contribution in [1.82, 2.24) is 4.98 Å². The van der Waals surface area contributed by atoms with E-state index in [2.05, 4.69) is 20.5 Å². The molecule has 3 aromatic rings. The average Bonchev–Trinajstić information content (AvgIpc) is 2.69. The molecule has 2 amide bonds. The Morgan fingerprint density at radius 2 is 1.65 bits per heavy atom. The van der Waals surface area contributed by atoms with Crippen LogP contribution in [0.1, 0.15) is 0 Å². The smallest absolute Gasteiger partial charge is 0.323 e. The Hall–Kier alpha value is -3.12. The van der Waals surface area contributed by atoms with E-state index in [1.54, 1.807) is 6.20 Å². The molecule has 132 valence electrons. The third-order valence-electron chi connectivity index (χ3n) is 4.38. The predicted octanol–water partition coefficient (Wildman–Crippen LogP) is 3.72. The van der Waals surface area contributed by atoms with Crippen molar-refractivity contribution < 1.29 is 9.53 Å². The fourth-order valence-corrected chi connectivity index (χ4v) is 3.14. The maximum absolute atomic E-state index is 12.6. The van der Waals surface area contributed by atoms with Gasteiger partial charge in [-0.05, 0) is 24.3 Å². The van der Waals surface area contributed by atoms with Crippen LogP contribution in [-0.4, -0.2) is 37.3 Å². The molecule has 1 aliphatic heterocycles. The van der Waals surface area contributed by atoms with Gasteiger partial charge in [0.1, 0.15) is 0 Å². The number of urea groups is 1. The number of benzene rings is 2. The molecule has 0 atom stereocenters. The number of hydrogen-bond donors (Lipinski definition) is 2. The number of nitrogens with zero attached hydrogens (tertiary/aromatic N) is 2. The van der Waals surface area contributed by atoms with Crippen LogP contribution in [0.3, 0.4) is 0 Å². The number of amides is 2. The zero-order valence-electron chi connectivity index (χ0n) is 14.3. The van der Waals surface area contributed by atoms with Gasteiger partial charge in [-0.25, -0.2) is 4.79 Å². The van der Waals surface area contributed by atoms with Gasteiger partial charge in [0.2, 0.25) is 0 Å². The Balaban J connectivity index is 1.53. The van der Waals surface area contributed by atoms with Crippen molar-refractivity contribution in [1.29, 1.82) is 0 Å². The van der Waals surface area contributed by atoms with Crippen LogP contribution in [0.15, 0.2) is 60.8 Å². The van der Waals surface area contributed by atoms with Crippen molar-refractivity contribution in [2.24, 2.45) is 0 Å². The van der Waals surface area contributed by atoms with Gasteiger partial charge in [0, 0.05) is 24.7 Å². The number of fused-ring (bicyclic) bond motifs is 1. The van der Waals surface area contributed by atoms with Gasteiger partial charge in [-0.3, -0.25) is 4.98 Å². The summed E-state index contributed by atoms with van der Waals surface area (Å²) in [6.45, 7) is 3.02. The van der Waals surface area contributed by atoms with Crippen molar-refractivity contribution in [2.75, 3.05) is 41.8 Å². The highest BCUT2D eigenvalue weighted by atomic mass is 16.5.